The first-order chi connectivity index (χ1) is 15.9. The number of hydrogen-bond acceptors (Lipinski definition) is 2. The van der Waals surface area contributed by atoms with Gasteiger partial charge in [-0.15, -0.1) is 0 Å². The summed E-state index contributed by atoms with van der Waals surface area (Å²) in [6, 6.07) is 5.91. The van der Waals surface area contributed by atoms with Crippen LogP contribution in [-0.4, -0.2) is 29.8 Å². The Bertz CT molecular complexity index is 1070. The summed E-state index contributed by atoms with van der Waals surface area (Å²) in [7, 11) is 1.28. The average molecular weight is 484 g/mol. The van der Waals surface area contributed by atoms with Crippen molar-refractivity contribution in [2.24, 2.45) is 0 Å². The lowest BCUT2D eigenvalue weighted by Crippen LogP contribution is -2.47. The fraction of sp³-hybridized carbons (Fsp3) is 0.417. The first-order valence-corrected chi connectivity index (χ1v) is 10.8. The lowest BCUT2D eigenvalue weighted by Gasteiger charge is -2.40. The maximum Gasteiger partial charge on any atom is 0.416 e. The van der Waals surface area contributed by atoms with Crippen molar-refractivity contribution in [2.45, 2.75) is 56.0 Å². The van der Waals surface area contributed by atoms with Crippen LogP contribution in [0.4, 0.5) is 26.3 Å². The molecule has 1 N–H and O–H groups in total. The Balaban J connectivity index is 1.88. The molecule has 4 rings (SSSR count). The average Bonchev–Trinajstić information content (AvgIpc) is 3.27. The molecule has 2 amide bonds. The minimum atomic E-state index is -5.05. The quantitative estimate of drug-likeness (QED) is 0.569. The summed E-state index contributed by atoms with van der Waals surface area (Å²) in [6.45, 7) is 0. The number of nitrogens with one attached hydrogen (secondary N) is 1. The second-order valence-electron chi connectivity index (χ2n) is 8.75. The van der Waals surface area contributed by atoms with Crippen LogP contribution < -0.4 is 5.32 Å². The molecule has 0 spiro atoms. The van der Waals surface area contributed by atoms with E-state index in [1.807, 2.05) is 0 Å². The maximum atomic E-state index is 13.5. The lowest BCUT2D eigenvalue weighted by molar-refractivity contribution is -0.143. The minimum absolute atomic E-state index is 0.0374. The number of fused-ring (bicyclic) bond motifs is 1. The standard InChI is InChI=1S/C24H22F6N2O2/c1-32-20(13-10-14(23(25,26)27)12-15(11-13)24(28,29)30)19(21(33)31-16-6-2-3-7-16)17-8-4-5-9-18(17)22(32)34/h4-5,8-12,16,19-20H,2-3,6-7H2,1H3,(H,31,33). The van der Waals surface area contributed by atoms with Crippen LogP contribution in [0.15, 0.2) is 42.5 Å². The molecule has 2 aliphatic rings. The third kappa shape index (κ3) is 4.50. The van der Waals surface area contributed by atoms with E-state index in [2.05, 4.69) is 5.32 Å². The van der Waals surface area contributed by atoms with Crippen molar-refractivity contribution < 1.29 is 35.9 Å². The van der Waals surface area contributed by atoms with E-state index in [0.717, 1.165) is 30.6 Å². The molecule has 4 nitrogen and oxygen atoms in total. The van der Waals surface area contributed by atoms with E-state index in [9.17, 15) is 35.9 Å². The monoisotopic (exact) mass is 484 g/mol. The van der Waals surface area contributed by atoms with Crippen molar-refractivity contribution in [1.82, 2.24) is 10.2 Å². The Hall–Kier alpha value is -3.04. The van der Waals surface area contributed by atoms with Gasteiger partial charge in [0.25, 0.3) is 5.91 Å². The van der Waals surface area contributed by atoms with Crippen LogP contribution >= 0.6 is 0 Å². The molecule has 2 aromatic rings. The summed E-state index contributed by atoms with van der Waals surface area (Å²) in [4.78, 5) is 27.5. The van der Waals surface area contributed by atoms with E-state index < -0.39 is 52.8 Å². The fourth-order valence-corrected chi connectivity index (χ4v) is 4.88. The Morgan fingerprint density at radius 3 is 2.06 bits per heavy atom. The smallest absolute Gasteiger partial charge is 0.353 e. The first kappa shape index (κ1) is 24.1. The van der Waals surface area contributed by atoms with E-state index in [0.29, 0.717) is 12.1 Å². The highest BCUT2D eigenvalue weighted by atomic mass is 19.4. The molecule has 10 heteroatoms. The Morgan fingerprint density at radius 2 is 1.50 bits per heavy atom. The summed E-state index contributed by atoms with van der Waals surface area (Å²) >= 11 is 0. The number of halogens is 6. The number of amides is 2. The maximum absolute atomic E-state index is 13.5. The normalized spacial score (nSPS) is 21.5. The van der Waals surface area contributed by atoms with Crippen LogP contribution in [-0.2, 0) is 17.1 Å². The number of rotatable bonds is 3. The van der Waals surface area contributed by atoms with Crippen LogP contribution in [0.25, 0.3) is 0 Å². The largest absolute Gasteiger partial charge is 0.416 e. The van der Waals surface area contributed by atoms with Crippen molar-refractivity contribution >= 4 is 11.8 Å². The minimum Gasteiger partial charge on any atom is -0.353 e. The van der Waals surface area contributed by atoms with Crippen molar-refractivity contribution in [3.05, 3.63) is 70.3 Å². The predicted molar refractivity (Wildman–Crippen MR) is 111 cm³/mol. The molecule has 1 fully saturated rings. The SMILES string of the molecule is CN1C(=O)c2ccccc2C(C(=O)NC2CCCC2)C1c1cc(C(F)(F)F)cc(C(F)(F)F)c1. The van der Waals surface area contributed by atoms with Gasteiger partial charge in [-0.05, 0) is 48.2 Å². The molecular weight excluding hydrogens is 462 g/mol. The molecule has 1 aliphatic carbocycles. The third-order valence-corrected chi connectivity index (χ3v) is 6.52. The second-order valence-corrected chi connectivity index (χ2v) is 8.75. The van der Waals surface area contributed by atoms with Crippen molar-refractivity contribution in [1.29, 1.82) is 0 Å². The number of carbonyl (C=O) groups excluding carboxylic acids is 2. The van der Waals surface area contributed by atoms with Crippen LogP contribution in [0, 0.1) is 0 Å². The topological polar surface area (TPSA) is 49.4 Å². The molecule has 0 saturated heterocycles. The lowest BCUT2D eigenvalue weighted by atomic mass is 9.78. The number of likely N-dealkylation sites (N-methyl/N-ethyl adjacent to an activating group) is 1. The predicted octanol–water partition coefficient (Wildman–Crippen LogP) is 5.69. The van der Waals surface area contributed by atoms with Gasteiger partial charge < -0.3 is 10.2 Å². The van der Waals surface area contributed by atoms with E-state index in [-0.39, 0.29) is 23.2 Å². The van der Waals surface area contributed by atoms with Gasteiger partial charge in [0.05, 0.1) is 23.1 Å². The number of carbonyl (C=O) groups is 2. The zero-order chi connectivity index (χ0) is 24.8. The number of benzene rings is 2. The molecule has 2 atom stereocenters. The number of nitrogens with zero attached hydrogens (tertiary/aromatic N) is 1. The Morgan fingerprint density at radius 1 is 0.941 bits per heavy atom. The van der Waals surface area contributed by atoms with E-state index in [1.54, 1.807) is 12.1 Å². The second kappa shape index (κ2) is 8.63. The summed E-state index contributed by atoms with van der Waals surface area (Å²) < 4.78 is 81.1. The molecule has 2 aromatic carbocycles. The van der Waals surface area contributed by atoms with E-state index in [4.69, 9.17) is 0 Å². The van der Waals surface area contributed by atoms with Gasteiger partial charge in [0.2, 0.25) is 5.91 Å². The molecule has 0 radical (unpaired) electrons. The zero-order valence-corrected chi connectivity index (χ0v) is 18.1. The van der Waals surface area contributed by atoms with Crippen molar-refractivity contribution in [3.8, 4) is 0 Å². The van der Waals surface area contributed by atoms with E-state index in [1.165, 1.54) is 19.2 Å². The molecule has 1 saturated carbocycles. The van der Waals surface area contributed by atoms with E-state index >= 15 is 0 Å². The summed E-state index contributed by atoms with van der Waals surface area (Å²) in [5.41, 5.74) is -2.93. The molecule has 182 valence electrons. The highest BCUT2D eigenvalue weighted by Crippen LogP contribution is 2.45. The molecule has 2 unspecified atom stereocenters. The van der Waals surface area contributed by atoms with Gasteiger partial charge in [0.1, 0.15) is 0 Å². The van der Waals surface area contributed by atoms with Gasteiger partial charge in [-0.25, -0.2) is 0 Å². The van der Waals surface area contributed by atoms with Gasteiger partial charge in [-0.1, -0.05) is 31.0 Å². The van der Waals surface area contributed by atoms with Gasteiger partial charge in [-0.3, -0.25) is 9.59 Å². The third-order valence-electron chi connectivity index (χ3n) is 6.52. The van der Waals surface area contributed by atoms with Crippen LogP contribution in [0.3, 0.4) is 0 Å². The Kier molecular flexibility index (Phi) is 6.12. The summed E-state index contributed by atoms with van der Waals surface area (Å²) in [5.74, 6) is -2.30. The highest BCUT2D eigenvalue weighted by molar-refractivity contribution is 6.01. The fourth-order valence-electron chi connectivity index (χ4n) is 4.88. The van der Waals surface area contributed by atoms with Gasteiger partial charge in [0.15, 0.2) is 0 Å². The molecule has 1 aliphatic heterocycles. The van der Waals surface area contributed by atoms with Gasteiger partial charge in [-0.2, -0.15) is 26.3 Å². The van der Waals surface area contributed by atoms with Crippen molar-refractivity contribution in [3.63, 3.8) is 0 Å². The molecule has 1 heterocycles. The summed E-state index contributed by atoms with van der Waals surface area (Å²) in [5, 5.41) is 2.89. The zero-order valence-electron chi connectivity index (χ0n) is 18.1. The van der Waals surface area contributed by atoms with Crippen molar-refractivity contribution in [2.75, 3.05) is 7.05 Å². The molecule has 0 aromatic heterocycles. The molecular formula is C24H22F6N2O2. The van der Waals surface area contributed by atoms with Crippen LogP contribution in [0.2, 0.25) is 0 Å². The van der Waals surface area contributed by atoms with Gasteiger partial charge >= 0.3 is 12.4 Å². The number of hydrogen-bond donors (Lipinski definition) is 1. The molecule has 34 heavy (non-hydrogen) atoms. The Labute approximate surface area is 191 Å². The van der Waals surface area contributed by atoms with Gasteiger partial charge in [0, 0.05) is 18.7 Å². The van der Waals surface area contributed by atoms with Crippen LogP contribution in [0.1, 0.15) is 70.3 Å². The molecule has 0 bridgehead atoms. The first-order valence-electron chi connectivity index (χ1n) is 10.8. The highest BCUT2D eigenvalue weighted by Gasteiger charge is 2.45. The number of alkyl halides is 6. The summed E-state index contributed by atoms with van der Waals surface area (Å²) in [6.07, 6.45) is -6.80. The van der Waals surface area contributed by atoms with Crippen LogP contribution in [0.5, 0.6) is 0 Å².